The van der Waals surface area contributed by atoms with Crippen LogP contribution >= 0.6 is 0 Å². The lowest BCUT2D eigenvalue weighted by molar-refractivity contribution is 0.185. The first-order valence-corrected chi connectivity index (χ1v) is 18.3. The van der Waals surface area contributed by atoms with Crippen molar-refractivity contribution < 1.29 is 8.82 Å². The predicted molar refractivity (Wildman–Crippen MR) is 181 cm³/mol. The summed E-state index contributed by atoms with van der Waals surface area (Å²) in [5.41, 5.74) is 6.93. The van der Waals surface area contributed by atoms with Crippen molar-refractivity contribution in [2.75, 3.05) is 0 Å². The fourth-order valence-corrected chi connectivity index (χ4v) is 7.68. The Kier molecular flexibility index (Phi) is 7.81. The Morgan fingerprint density at radius 2 is 1.39 bits per heavy atom. The summed E-state index contributed by atoms with van der Waals surface area (Å²) in [5, 5.41) is 0.0708. The molecule has 6 rings (SSSR count). The van der Waals surface area contributed by atoms with Crippen LogP contribution < -0.4 is 0 Å². The summed E-state index contributed by atoms with van der Waals surface area (Å²) in [5.74, 6) is -0.250. The highest BCUT2D eigenvalue weighted by Gasteiger charge is 2.42. The molecule has 3 nitrogen and oxygen atoms in total. The fraction of sp³-hybridized carbons (Fsp3) is 0.256. The highest BCUT2D eigenvalue weighted by molar-refractivity contribution is 6.74. The molecule has 1 aliphatic carbocycles. The molecule has 0 bridgehead atoms. The molecule has 224 valence electrons. The van der Waals surface area contributed by atoms with Crippen molar-refractivity contribution in [2.45, 2.75) is 63.4 Å². The highest BCUT2D eigenvalue weighted by atomic mass is 28.4. The molecule has 0 saturated carbocycles. The van der Waals surface area contributed by atoms with Crippen LogP contribution in [0, 0.1) is 5.82 Å². The van der Waals surface area contributed by atoms with E-state index in [4.69, 9.17) is 9.41 Å². The molecule has 4 aromatic carbocycles. The molecule has 0 amide bonds. The Balaban J connectivity index is 1.49. The summed E-state index contributed by atoms with van der Waals surface area (Å²) < 4.78 is 24.2. The van der Waals surface area contributed by atoms with Gasteiger partial charge in [0.1, 0.15) is 11.4 Å². The number of aromatic nitrogens is 2. The van der Waals surface area contributed by atoms with Gasteiger partial charge in [0, 0.05) is 11.8 Å². The molecule has 0 fully saturated rings. The van der Waals surface area contributed by atoms with E-state index in [0.29, 0.717) is 11.3 Å². The molecular formula is C39H41FN2OSi. The van der Waals surface area contributed by atoms with Crippen LogP contribution in [0.25, 0.3) is 5.57 Å². The average molecular weight is 601 g/mol. The summed E-state index contributed by atoms with van der Waals surface area (Å²) in [6.45, 7) is 15.8. The van der Waals surface area contributed by atoms with Crippen molar-refractivity contribution in [3.05, 3.63) is 167 Å². The number of fused-ring (bicyclic) bond motifs is 1. The number of halogens is 1. The van der Waals surface area contributed by atoms with Crippen molar-refractivity contribution in [3.63, 3.8) is 0 Å². The molecule has 0 radical (unpaired) electrons. The maximum atomic E-state index is 15.1. The van der Waals surface area contributed by atoms with Gasteiger partial charge in [-0.2, -0.15) is 0 Å². The maximum Gasteiger partial charge on any atom is 0.192 e. The summed E-state index contributed by atoms with van der Waals surface area (Å²) >= 11 is 0. The molecule has 1 unspecified atom stereocenters. The van der Waals surface area contributed by atoms with E-state index in [0.717, 1.165) is 46.2 Å². The Hall–Kier alpha value is -4.06. The third kappa shape index (κ3) is 5.18. The number of imidazole rings is 1. The Labute approximate surface area is 262 Å². The predicted octanol–water partition coefficient (Wildman–Crippen LogP) is 9.93. The van der Waals surface area contributed by atoms with E-state index in [2.05, 4.69) is 124 Å². The van der Waals surface area contributed by atoms with Gasteiger partial charge in [-0.25, -0.2) is 9.37 Å². The monoisotopic (exact) mass is 600 g/mol. The van der Waals surface area contributed by atoms with Crippen molar-refractivity contribution in [1.29, 1.82) is 0 Å². The average Bonchev–Trinajstić information content (AvgIpc) is 3.66. The molecule has 1 aromatic heterocycles. The second-order valence-electron chi connectivity index (χ2n) is 13.4. The van der Waals surface area contributed by atoms with Gasteiger partial charge in [0.05, 0.1) is 18.1 Å². The molecule has 0 spiro atoms. The Morgan fingerprint density at radius 3 is 1.89 bits per heavy atom. The Bertz CT molecular complexity index is 1680. The second kappa shape index (κ2) is 11.5. The number of hydrogen-bond acceptors (Lipinski definition) is 2. The molecule has 0 N–H and O–H groups in total. The fourth-order valence-electron chi connectivity index (χ4n) is 6.38. The summed E-state index contributed by atoms with van der Waals surface area (Å²) in [4.78, 5) is 4.94. The van der Waals surface area contributed by atoms with Gasteiger partial charge in [-0.3, -0.25) is 0 Å². The van der Waals surface area contributed by atoms with Gasteiger partial charge >= 0.3 is 0 Å². The first-order valence-electron chi connectivity index (χ1n) is 15.4. The lowest BCUT2D eigenvalue weighted by Gasteiger charge is -2.39. The maximum absolute atomic E-state index is 15.1. The third-order valence-corrected chi connectivity index (χ3v) is 14.1. The van der Waals surface area contributed by atoms with E-state index in [1.165, 1.54) is 0 Å². The lowest BCUT2D eigenvalue weighted by atomic mass is 9.76. The van der Waals surface area contributed by atoms with Crippen molar-refractivity contribution in [2.24, 2.45) is 0 Å². The molecule has 0 aliphatic heterocycles. The van der Waals surface area contributed by atoms with Gasteiger partial charge in [0.15, 0.2) is 8.32 Å². The van der Waals surface area contributed by atoms with Gasteiger partial charge in [-0.15, -0.1) is 0 Å². The van der Waals surface area contributed by atoms with Gasteiger partial charge in [-0.05, 0) is 76.5 Å². The van der Waals surface area contributed by atoms with Crippen LogP contribution in [-0.2, 0) is 16.4 Å². The summed E-state index contributed by atoms with van der Waals surface area (Å²) in [7, 11) is -2.07. The SMILES string of the molecule is C=C(c1cn(C(c2ccccc2)(c2ccccc2)c2ccccc2)cn1)c1cc(F)cc2c1C(O[Si](C)(C)C(C)(C)C)CC2. The standard InChI is InChI=1S/C39H41FN2OSi/c1-28(34-25-33(40)24-29-22-23-36(37(29)34)43-44(5,6)38(2,3)4)35-26-42(27-41-35)39(30-16-10-7-11-17-30,31-18-12-8-13-19-31)32-20-14-9-15-21-32/h7-21,24-27,36H,1,22-23H2,2-6H3. The van der Waals surface area contributed by atoms with E-state index in [1.807, 2.05) is 24.5 Å². The minimum Gasteiger partial charge on any atom is -0.410 e. The number of benzene rings is 4. The highest BCUT2D eigenvalue weighted by Crippen LogP contribution is 2.47. The number of hydrogen-bond donors (Lipinski definition) is 0. The van der Waals surface area contributed by atoms with Gasteiger partial charge < -0.3 is 8.99 Å². The van der Waals surface area contributed by atoms with E-state index in [-0.39, 0.29) is 17.0 Å². The van der Waals surface area contributed by atoms with Crippen LogP contribution in [0.1, 0.15) is 72.4 Å². The largest absolute Gasteiger partial charge is 0.410 e. The zero-order chi connectivity index (χ0) is 31.1. The minimum absolute atomic E-state index is 0.0708. The van der Waals surface area contributed by atoms with E-state index < -0.39 is 13.9 Å². The minimum atomic E-state index is -2.07. The van der Waals surface area contributed by atoms with Gasteiger partial charge in [0.25, 0.3) is 0 Å². The van der Waals surface area contributed by atoms with Crippen LogP contribution in [0.3, 0.4) is 0 Å². The van der Waals surface area contributed by atoms with E-state index >= 15 is 4.39 Å². The van der Waals surface area contributed by atoms with Crippen molar-refractivity contribution >= 4 is 13.9 Å². The normalized spacial score (nSPS) is 15.3. The zero-order valence-corrected chi connectivity index (χ0v) is 27.3. The first kappa shape index (κ1) is 30.0. The van der Waals surface area contributed by atoms with E-state index in [1.54, 1.807) is 12.1 Å². The molecule has 1 atom stereocenters. The van der Waals surface area contributed by atoms with Gasteiger partial charge in [-0.1, -0.05) is 118 Å². The van der Waals surface area contributed by atoms with Crippen LogP contribution in [-0.4, -0.2) is 17.9 Å². The van der Waals surface area contributed by atoms with E-state index in [9.17, 15) is 0 Å². The molecule has 0 saturated heterocycles. The first-order chi connectivity index (χ1) is 21.0. The van der Waals surface area contributed by atoms with Crippen LogP contribution in [0.2, 0.25) is 18.1 Å². The molecule has 1 aliphatic rings. The number of rotatable bonds is 8. The zero-order valence-electron chi connectivity index (χ0n) is 26.3. The van der Waals surface area contributed by atoms with Crippen LogP contribution in [0.5, 0.6) is 0 Å². The topological polar surface area (TPSA) is 27.1 Å². The van der Waals surface area contributed by atoms with Crippen LogP contribution in [0.4, 0.5) is 4.39 Å². The molecular weight excluding hydrogens is 560 g/mol. The Morgan fingerprint density at radius 1 is 0.864 bits per heavy atom. The van der Waals surface area contributed by atoms with Crippen molar-refractivity contribution in [3.8, 4) is 0 Å². The van der Waals surface area contributed by atoms with Crippen molar-refractivity contribution in [1.82, 2.24) is 9.55 Å². The number of aryl methyl sites for hydroxylation is 1. The molecule has 44 heavy (non-hydrogen) atoms. The smallest absolute Gasteiger partial charge is 0.192 e. The summed E-state index contributed by atoms with van der Waals surface area (Å²) in [6.07, 6.45) is 5.50. The second-order valence-corrected chi connectivity index (χ2v) is 18.1. The third-order valence-electron chi connectivity index (χ3n) is 9.65. The molecule has 1 heterocycles. The molecule has 5 aromatic rings. The quantitative estimate of drug-likeness (QED) is 0.131. The van der Waals surface area contributed by atoms with Gasteiger partial charge in [0.2, 0.25) is 0 Å². The number of nitrogens with zero attached hydrogens (tertiary/aromatic N) is 2. The lowest BCUT2D eigenvalue weighted by Crippen LogP contribution is -2.41. The molecule has 5 heteroatoms. The van der Waals surface area contributed by atoms with Crippen LogP contribution in [0.15, 0.2) is 122 Å². The summed E-state index contributed by atoms with van der Waals surface area (Å²) in [6, 6.07) is 34.8.